The molecule has 15 atom stereocenters. The predicted molar refractivity (Wildman–Crippen MR) is 194 cm³/mol. The summed E-state index contributed by atoms with van der Waals surface area (Å²) in [5.74, 6) is -4.23. The summed E-state index contributed by atoms with van der Waals surface area (Å²) in [7, 11) is 1.35. The molecular formula is C42H61NO10. The Morgan fingerprint density at radius 1 is 0.849 bits per heavy atom. The zero-order valence-corrected chi connectivity index (χ0v) is 32.6. The van der Waals surface area contributed by atoms with E-state index >= 15 is 0 Å². The van der Waals surface area contributed by atoms with Crippen LogP contribution in [0.15, 0.2) is 23.3 Å². The van der Waals surface area contributed by atoms with Gasteiger partial charge in [0.05, 0.1) is 19.1 Å². The summed E-state index contributed by atoms with van der Waals surface area (Å²) >= 11 is 0. The lowest BCUT2D eigenvalue weighted by molar-refractivity contribution is -0.193. The molecule has 6 rings (SSSR count). The van der Waals surface area contributed by atoms with Gasteiger partial charge < -0.3 is 30.1 Å². The Kier molecular flexibility index (Phi) is 11.0. The summed E-state index contributed by atoms with van der Waals surface area (Å²) in [6, 6.07) is 0. The van der Waals surface area contributed by atoms with E-state index in [1.54, 1.807) is 12.2 Å². The van der Waals surface area contributed by atoms with Gasteiger partial charge in [-0.25, -0.2) is 4.79 Å². The van der Waals surface area contributed by atoms with E-state index in [0.29, 0.717) is 38.5 Å². The third kappa shape index (κ3) is 6.34. The molecule has 0 heterocycles. The third-order valence-electron chi connectivity index (χ3n) is 15.8. The maximum atomic E-state index is 14.0. The van der Waals surface area contributed by atoms with Crippen molar-refractivity contribution >= 4 is 29.4 Å². The molecule has 6 saturated carbocycles. The van der Waals surface area contributed by atoms with Crippen LogP contribution in [0, 0.1) is 69.5 Å². The number of ether oxygens (including phenoxy) is 2. The summed E-state index contributed by atoms with van der Waals surface area (Å²) in [6.07, 6.45) is 6.22. The number of aliphatic hydroxyl groups excluding tert-OH is 3. The van der Waals surface area contributed by atoms with Crippen molar-refractivity contribution in [2.45, 2.75) is 118 Å². The van der Waals surface area contributed by atoms with Crippen molar-refractivity contribution in [1.82, 2.24) is 5.32 Å². The average Bonchev–Trinajstić information content (AvgIpc) is 3.11. The maximum absolute atomic E-state index is 14.0. The molecular weight excluding hydrogens is 678 g/mol. The van der Waals surface area contributed by atoms with E-state index in [-0.39, 0.29) is 71.5 Å². The van der Waals surface area contributed by atoms with Crippen molar-refractivity contribution < 1.29 is 48.8 Å². The van der Waals surface area contributed by atoms with E-state index in [0.717, 1.165) is 30.4 Å². The number of methoxy groups -OCH3 is 1. The smallest absolute Gasteiger partial charge is 0.330 e. The number of fused-ring (bicyclic) bond motifs is 6. The topological polar surface area (TPSA) is 177 Å². The van der Waals surface area contributed by atoms with Gasteiger partial charge in [0, 0.05) is 42.4 Å². The number of carbonyl (C=O) groups is 5. The summed E-state index contributed by atoms with van der Waals surface area (Å²) in [4.78, 5) is 67.0. The zero-order chi connectivity index (χ0) is 38.8. The van der Waals surface area contributed by atoms with Gasteiger partial charge in [0.1, 0.15) is 18.3 Å². The maximum Gasteiger partial charge on any atom is 0.330 e. The number of amides is 1. The number of hydrogen-bond acceptors (Lipinski definition) is 10. The Hall–Kier alpha value is -2.89. The molecule has 0 radical (unpaired) electrons. The van der Waals surface area contributed by atoms with Crippen LogP contribution in [0.3, 0.4) is 0 Å². The lowest BCUT2D eigenvalue weighted by atomic mass is 9.42. The van der Waals surface area contributed by atoms with Crippen molar-refractivity contribution in [3.63, 3.8) is 0 Å². The highest BCUT2D eigenvalue weighted by atomic mass is 16.5. The lowest BCUT2D eigenvalue weighted by Gasteiger charge is -2.61. The number of Topliss-reactive ketones (excluding diaryl/α,β-unsaturated/α-hetero) is 2. The third-order valence-corrected chi connectivity index (χ3v) is 15.8. The molecule has 0 aromatic heterocycles. The number of rotatable bonds is 6. The predicted octanol–water partition coefficient (Wildman–Crippen LogP) is 4.11. The molecule has 1 amide bonds. The van der Waals surface area contributed by atoms with Crippen LogP contribution in [-0.4, -0.2) is 83.3 Å². The zero-order valence-electron chi connectivity index (χ0n) is 32.6. The first-order valence-corrected chi connectivity index (χ1v) is 20.0. The summed E-state index contributed by atoms with van der Waals surface area (Å²) in [5, 5.41) is 34.9. The number of esters is 2. The normalized spacial score (nSPS) is 46.8. The molecule has 11 heteroatoms. The largest absolute Gasteiger partial charge is 0.469 e. The van der Waals surface area contributed by atoms with Crippen molar-refractivity contribution in [3.8, 4) is 0 Å². The molecule has 0 spiro atoms. The van der Waals surface area contributed by atoms with Crippen LogP contribution in [0.25, 0.3) is 0 Å². The van der Waals surface area contributed by atoms with E-state index in [1.165, 1.54) is 7.11 Å². The standard InChI is InChI=1S/C42H61NO10/c1-21-24(19-29(45)43-17-18-44)9-11-26-31(21)34(47)36(49)33-23(3)28(13-16-40(26,33)4)53-30(46)20-25-10-12-27-32(22(25)2)35(48)37(50)38-41(27,5)14-8-15-42(38,6)39(51)52-7/h19-23,26-28,31-33,35-36,38,44,48-49H,8-18H2,1-7H3,(H,43,45)/b24-19+,25-20+/t21-,22-,23+,26?,27?,28-,31?,32?,33?,35+,36-,38?,40+,41+,42-/m0/s1. The number of ketones is 2. The van der Waals surface area contributed by atoms with Gasteiger partial charge in [0.15, 0.2) is 11.6 Å². The van der Waals surface area contributed by atoms with Gasteiger partial charge in [-0.1, -0.05) is 52.2 Å². The monoisotopic (exact) mass is 739 g/mol. The number of nitrogens with one attached hydrogen (secondary N) is 1. The van der Waals surface area contributed by atoms with Crippen molar-refractivity contribution in [3.05, 3.63) is 23.3 Å². The van der Waals surface area contributed by atoms with E-state index in [4.69, 9.17) is 14.6 Å². The van der Waals surface area contributed by atoms with Crippen molar-refractivity contribution in [2.75, 3.05) is 20.3 Å². The SMILES string of the molecule is COC(=O)[C@@]1(C)CCC[C@]2(C)C3CC/C(=C\C(=O)O[C@H]4CC[C@]5(C)C6CC/C(=C\C(=O)NCCO)[C@H](C)C6C(=O)[C@@H](O)C5[C@@H]4C)[C@H](C)C3[C@@H](O)C(=O)C21. The summed E-state index contributed by atoms with van der Waals surface area (Å²) < 4.78 is 11.3. The van der Waals surface area contributed by atoms with Gasteiger partial charge >= 0.3 is 11.9 Å². The molecule has 11 nitrogen and oxygen atoms in total. The van der Waals surface area contributed by atoms with E-state index in [1.807, 2.05) is 27.7 Å². The second kappa shape index (κ2) is 14.6. The highest BCUT2D eigenvalue weighted by Crippen LogP contribution is 2.65. The van der Waals surface area contributed by atoms with E-state index in [2.05, 4.69) is 19.2 Å². The van der Waals surface area contributed by atoms with Crippen LogP contribution in [0.4, 0.5) is 0 Å². The molecule has 6 aliphatic carbocycles. The fraction of sp³-hybridized carbons (Fsp3) is 0.786. The Morgan fingerprint density at radius 3 is 2.17 bits per heavy atom. The minimum Gasteiger partial charge on any atom is -0.469 e. The number of carbonyl (C=O) groups excluding carboxylic acids is 5. The van der Waals surface area contributed by atoms with Crippen LogP contribution in [-0.2, 0) is 33.4 Å². The first-order valence-electron chi connectivity index (χ1n) is 20.0. The quantitative estimate of drug-likeness (QED) is 0.229. The van der Waals surface area contributed by atoms with Crippen molar-refractivity contribution in [2.24, 2.45) is 69.5 Å². The van der Waals surface area contributed by atoms with Crippen LogP contribution in [0.5, 0.6) is 0 Å². The Bertz CT molecular complexity index is 1570. The lowest BCUT2D eigenvalue weighted by Crippen LogP contribution is -2.65. The highest BCUT2D eigenvalue weighted by molar-refractivity contribution is 5.94. The van der Waals surface area contributed by atoms with Gasteiger partial charge in [-0.2, -0.15) is 0 Å². The van der Waals surface area contributed by atoms with Crippen LogP contribution >= 0.6 is 0 Å². The van der Waals surface area contributed by atoms with E-state index in [9.17, 15) is 34.2 Å². The minimum absolute atomic E-state index is 0.00431. The number of allylic oxidation sites excluding steroid dienone is 2. The summed E-state index contributed by atoms with van der Waals surface area (Å²) in [6.45, 7) is 12.0. The van der Waals surface area contributed by atoms with Crippen molar-refractivity contribution in [1.29, 1.82) is 0 Å². The molecule has 0 bridgehead atoms. The molecule has 0 aromatic carbocycles. The highest BCUT2D eigenvalue weighted by Gasteiger charge is 2.66. The second-order valence-corrected chi connectivity index (χ2v) is 18.2. The number of aliphatic hydroxyl groups is 3. The molecule has 6 aliphatic rings. The van der Waals surface area contributed by atoms with Gasteiger partial charge in [-0.05, 0) is 98.7 Å². The number of hydrogen-bond donors (Lipinski definition) is 4. The summed E-state index contributed by atoms with van der Waals surface area (Å²) in [5.41, 5.74) is -0.107. The molecule has 294 valence electrons. The molecule has 53 heavy (non-hydrogen) atoms. The first-order chi connectivity index (χ1) is 25.0. The first kappa shape index (κ1) is 39.8. The van der Waals surface area contributed by atoms with Gasteiger partial charge in [0.2, 0.25) is 5.91 Å². The molecule has 6 fully saturated rings. The van der Waals surface area contributed by atoms with Crippen LogP contribution in [0.2, 0.25) is 0 Å². The second-order valence-electron chi connectivity index (χ2n) is 18.2. The Morgan fingerprint density at radius 2 is 1.51 bits per heavy atom. The molecule has 0 aromatic rings. The Labute approximate surface area is 313 Å². The van der Waals surface area contributed by atoms with Crippen LogP contribution < -0.4 is 5.32 Å². The average molecular weight is 740 g/mol. The van der Waals surface area contributed by atoms with Crippen LogP contribution in [0.1, 0.15) is 99.3 Å². The fourth-order valence-corrected chi connectivity index (χ4v) is 13.3. The molecule has 0 aliphatic heterocycles. The molecule has 4 N–H and O–H groups in total. The van der Waals surface area contributed by atoms with E-state index < -0.39 is 58.8 Å². The van der Waals surface area contributed by atoms with Gasteiger partial charge in [-0.3, -0.25) is 19.2 Å². The molecule has 0 saturated heterocycles. The van der Waals surface area contributed by atoms with Gasteiger partial charge in [-0.15, -0.1) is 0 Å². The minimum atomic E-state index is -1.25. The fourth-order valence-electron chi connectivity index (χ4n) is 13.3. The van der Waals surface area contributed by atoms with Gasteiger partial charge in [0.25, 0.3) is 0 Å². The Balaban J connectivity index is 1.16. The molecule has 6 unspecified atom stereocenters.